The van der Waals surface area contributed by atoms with Gasteiger partial charge >= 0.3 is 0 Å². The second kappa shape index (κ2) is 8.78. The Morgan fingerprint density at radius 1 is 0.929 bits per heavy atom. The minimum Gasteiger partial charge on any atom is -0.379 e. The predicted molar refractivity (Wildman–Crippen MR) is 110 cm³/mol. The summed E-state index contributed by atoms with van der Waals surface area (Å²) in [5.74, 6) is 2.88. The Bertz CT molecular complexity index is 625. The molecule has 3 saturated heterocycles. The minimum absolute atomic E-state index is 0.213. The lowest BCUT2D eigenvalue weighted by molar-refractivity contribution is -0.0239. The number of hydrogen-bond acceptors (Lipinski definition) is 6. The first kappa shape index (κ1) is 20.3. The molecule has 3 aliphatic rings. The third-order valence-corrected chi connectivity index (χ3v) is 6.99. The van der Waals surface area contributed by atoms with Crippen molar-refractivity contribution < 1.29 is 4.74 Å². The van der Waals surface area contributed by atoms with Crippen LogP contribution in [0.25, 0.3) is 0 Å². The average Bonchev–Trinajstić information content (AvgIpc) is 3.34. The van der Waals surface area contributed by atoms with E-state index in [2.05, 4.69) is 50.4 Å². The molecule has 0 atom stereocenters. The van der Waals surface area contributed by atoms with Gasteiger partial charge in [-0.3, -0.25) is 9.80 Å². The Kier molecular flexibility index (Phi) is 6.35. The molecule has 4 rings (SSSR count). The second-order valence-electron chi connectivity index (χ2n) is 9.48. The van der Waals surface area contributed by atoms with Gasteiger partial charge < -0.3 is 14.2 Å². The normalized spacial score (nSPS) is 24.2. The van der Waals surface area contributed by atoms with Crippen molar-refractivity contribution >= 4 is 0 Å². The Labute approximate surface area is 170 Å². The quantitative estimate of drug-likeness (QED) is 0.737. The van der Waals surface area contributed by atoms with Crippen LogP contribution in [0.5, 0.6) is 0 Å². The molecule has 0 amide bonds. The molecule has 0 spiro atoms. The molecule has 7 nitrogen and oxygen atoms in total. The molecule has 0 saturated carbocycles. The van der Waals surface area contributed by atoms with Crippen LogP contribution in [0.3, 0.4) is 0 Å². The first-order valence-electron chi connectivity index (χ1n) is 11.2. The summed E-state index contributed by atoms with van der Waals surface area (Å²) in [5, 5.41) is 9.13. The Morgan fingerprint density at radius 3 is 2.29 bits per heavy atom. The summed E-state index contributed by atoms with van der Waals surface area (Å²) < 4.78 is 7.80. The molecule has 158 valence electrons. The van der Waals surface area contributed by atoms with Gasteiger partial charge in [-0.2, -0.15) is 0 Å². The number of likely N-dealkylation sites (tertiary alicyclic amines) is 2. The highest BCUT2D eigenvalue weighted by Gasteiger charge is 2.33. The van der Waals surface area contributed by atoms with Gasteiger partial charge in [-0.25, -0.2) is 0 Å². The number of rotatable bonds is 6. The maximum atomic E-state index is 5.53. The van der Waals surface area contributed by atoms with E-state index in [0.717, 1.165) is 58.3 Å². The standard InChI is InChI=1S/C21H38N6O/c1-21(2,27-12-14-28-15-13-27)17-26-10-6-18(7-11-26)20-23-22-19(24(20)3)16-25-8-4-5-9-25/h18H,4-17H2,1-3H3. The van der Waals surface area contributed by atoms with Crippen molar-refractivity contribution in [2.24, 2.45) is 7.05 Å². The highest BCUT2D eigenvalue weighted by molar-refractivity contribution is 5.04. The Hall–Kier alpha value is -1.02. The van der Waals surface area contributed by atoms with Crippen molar-refractivity contribution in [3.63, 3.8) is 0 Å². The lowest BCUT2D eigenvalue weighted by atomic mass is 9.93. The van der Waals surface area contributed by atoms with Crippen molar-refractivity contribution in [2.75, 3.05) is 59.0 Å². The van der Waals surface area contributed by atoms with E-state index in [1.165, 1.54) is 44.6 Å². The Balaban J connectivity index is 1.29. The Morgan fingerprint density at radius 2 is 1.61 bits per heavy atom. The summed E-state index contributed by atoms with van der Waals surface area (Å²) in [5.41, 5.74) is 0.213. The van der Waals surface area contributed by atoms with Crippen LogP contribution in [-0.4, -0.2) is 94.0 Å². The number of hydrogen-bond donors (Lipinski definition) is 0. The fourth-order valence-electron chi connectivity index (χ4n) is 5.17. The zero-order valence-corrected chi connectivity index (χ0v) is 18.1. The molecular weight excluding hydrogens is 352 g/mol. The monoisotopic (exact) mass is 390 g/mol. The summed E-state index contributed by atoms with van der Waals surface area (Å²) in [6.07, 6.45) is 5.03. The van der Waals surface area contributed by atoms with E-state index in [0.29, 0.717) is 5.92 Å². The van der Waals surface area contributed by atoms with E-state index in [1.54, 1.807) is 0 Å². The summed E-state index contributed by atoms with van der Waals surface area (Å²) in [6, 6.07) is 0. The highest BCUT2D eigenvalue weighted by atomic mass is 16.5. The molecule has 1 aromatic heterocycles. The SMILES string of the molecule is Cn1c(CN2CCCC2)nnc1C1CCN(CC(C)(C)N2CCOCC2)CC1. The van der Waals surface area contributed by atoms with Crippen molar-refractivity contribution in [1.29, 1.82) is 0 Å². The van der Waals surface area contributed by atoms with Crippen molar-refractivity contribution in [2.45, 2.75) is 57.5 Å². The van der Waals surface area contributed by atoms with Gasteiger partial charge in [-0.05, 0) is 65.7 Å². The first-order valence-corrected chi connectivity index (χ1v) is 11.2. The van der Waals surface area contributed by atoms with Crippen LogP contribution >= 0.6 is 0 Å². The summed E-state index contributed by atoms with van der Waals surface area (Å²) >= 11 is 0. The fraction of sp³-hybridized carbons (Fsp3) is 0.905. The number of ether oxygens (including phenoxy) is 1. The van der Waals surface area contributed by atoms with E-state index in [9.17, 15) is 0 Å². The molecule has 0 aromatic carbocycles. The van der Waals surface area contributed by atoms with Crippen molar-refractivity contribution in [1.82, 2.24) is 29.5 Å². The van der Waals surface area contributed by atoms with E-state index >= 15 is 0 Å². The first-order chi connectivity index (χ1) is 13.5. The van der Waals surface area contributed by atoms with Crippen LogP contribution in [0.1, 0.15) is 57.1 Å². The van der Waals surface area contributed by atoms with Crippen LogP contribution in [0, 0.1) is 0 Å². The van der Waals surface area contributed by atoms with E-state index in [4.69, 9.17) is 4.74 Å². The van der Waals surface area contributed by atoms with Gasteiger partial charge in [-0.15, -0.1) is 10.2 Å². The van der Waals surface area contributed by atoms with E-state index < -0.39 is 0 Å². The molecule has 0 radical (unpaired) electrons. The molecule has 4 heterocycles. The molecule has 28 heavy (non-hydrogen) atoms. The molecule has 0 aliphatic carbocycles. The summed E-state index contributed by atoms with van der Waals surface area (Å²) in [6.45, 7) is 15.5. The molecule has 0 N–H and O–H groups in total. The van der Waals surface area contributed by atoms with E-state index in [1.807, 2.05) is 0 Å². The highest BCUT2D eigenvalue weighted by Crippen LogP contribution is 2.29. The largest absolute Gasteiger partial charge is 0.379 e. The maximum Gasteiger partial charge on any atom is 0.146 e. The van der Waals surface area contributed by atoms with Crippen LogP contribution in [-0.2, 0) is 18.3 Å². The number of piperidine rings is 1. The zero-order chi connectivity index (χ0) is 19.6. The van der Waals surface area contributed by atoms with Gasteiger partial charge in [0, 0.05) is 38.1 Å². The summed E-state index contributed by atoms with van der Waals surface area (Å²) in [4.78, 5) is 7.74. The third kappa shape index (κ3) is 4.58. The third-order valence-electron chi connectivity index (χ3n) is 6.99. The number of aromatic nitrogens is 3. The zero-order valence-electron chi connectivity index (χ0n) is 18.1. The predicted octanol–water partition coefficient (Wildman–Crippen LogP) is 1.70. The van der Waals surface area contributed by atoms with Gasteiger partial charge in [0.05, 0.1) is 19.8 Å². The van der Waals surface area contributed by atoms with Crippen LogP contribution in [0.2, 0.25) is 0 Å². The molecule has 0 bridgehead atoms. The molecular formula is C21H38N6O. The smallest absolute Gasteiger partial charge is 0.146 e. The van der Waals surface area contributed by atoms with Crippen LogP contribution in [0.4, 0.5) is 0 Å². The number of nitrogens with zero attached hydrogens (tertiary/aromatic N) is 6. The molecule has 7 heteroatoms. The van der Waals surface area contributed by atoms with Gasteiger partial charge in [0.1, 0.15) is 11.6 Å². The molecule has 3 fully saturated rings. The fourth-order valence-corrected chi connectivity index (χ4v) is 5.17. The maximum absolute atomic E-state index is 5.53. The molecule has 1 aromatic rings. The van der Waals surface area contributed by atoms with Gasteiger partial charge in [-0.1, -0.05) is 0 Å². The molecule has 0 unspecified atom stereocenters. The lowest BCUT2D eigenvalue weighted by Gasteiger charge is -2.45. The second-order valence-corrected chi connectivity index (χ2v) is 9.48. The average molecular weight is 391 g/mol. The van der Waals surface area contributed by atoms with Crippen molar-refractivity contribution in [3.05, 3.63) is 11.6 Å². The van der Waals surface area contributed by atoms with E-state index in [-0.39, 0.29) is 5.54 Å². The lowest BCUT2D eigenvalue weighted by Crippen LogP contribution is -2.56. The van der Waals surface area contributed by atoms with Gasteiger partial charge in [0.15, 0.2) is 0 Å². The van der Waals surface area contributed by atoms with Crippen LogP contribution < -0.4 is 0 Å². The van der Waals surface area contributed by atoms with Gasteiger partial charge in [0.2, 0.25) is 0 Å². The summed E-state index contributed by atoms with van der Waals surface area (Å²) in [7, 11) is 2.16. The topological polar surface area (TPSA) is 49.7 Å². The molecule has 3 aliphatic heterocycles. The van der Waals surface area contributed by atoms with Crippen LogP contribution in [0.15, 0.2) is 0 Å². The minimum atomic E-state index is 0.213. The van der Waals surface area contributed by atoms with Gasteiger partial charge in [0.25, 0.3) is 0 Å². The van der Waals surface area contributed by atoms with Crippen molar-refractivity contribution in [3.8, 4) is 0 Å². The number of morpholine rings is 1.